The normalized spacial score (nSPS) is 14.2. The summed E-state index contributed by atoms with van der Waals surface area (Å²) in [6.45, 7) is 14.7. The number of carbonyl (C=O) groups is 2. The highest BCUT2D eigenvalue weighted by Gasteiger charge is 2.25. The number of aryl methyl sites for hydroxylation is 2. The molecule has 5 aromatic rings. The molecule has 0 radical (unpaired) electrons. The second kappa shape index (κ2) is 12.9. The first kappa shape index (κ1) is 30.7. The molecule has 1 N–H and O–H groups in total. The number of nitrogens with one attached hydrogen (secondary N) is 1. The van der Waals surface area contributed by atoms with Gasteiger partial charge in [-0.1, -0.05) is 6.58 Å². The molecule has 9 nitrogen and oxygen atoms in total. The number of pyridine rings is 2. The fourth-order valence-corrected chi connectivity index (χ4v) is 6.85. The van der Waals surface area contributed by atoms with Crippen molar-refractivity contribution in [3.05, 3.63) is 120 Å². The molecule has 1 aliphatic rings. The lowest BCUT2D eigenvalue weighted by Crippen LogP contribution is -2.30. The van der Waals surface area contributed by atoms with E-state index in [4.69, 9.17) is 0 Å². The van der Waals surface area contributed by atoms with Gasteiger partial charge in [-0.2, -0.15) is 0 Å². The standard InChI is InChI=1S/C18H19N3OS.C15H13N3O2S/c1-5-20-14(4)23-17(18(20)22)10-15-9-12(2)21(13(15)3)16-7-6-8-19-11-16;1-9-6-11(7-13-14(19)17-15(20)21-13)10(2)18(9)12-4-3-5-16-8-12/h6-11H,4-5H2,1-3H3;3-8H,1-2H3,(H,17,19,20)/b17-10+;13-7+. The predicted octanol–water partition coefficient (Wildman–Crippen LogP) is 4.78. The van der Waals surface area contributed by atoms with Crippen LogP contribution in [0.5, 0.6) is 0 Å². The van der Waals surface area contributed by atoms with Gasteiger partial charge >= 0.3 is 0 Å². The molecule has 224 valence electrons. The van der Waals surface area contributed by atoms with Crippen LogP contribution in [0.25, 0.3) is 30.1 Å². The van der Waals surface area contributed by atoms with Gasteiger partial charge in [0.15, 0.2) is 0 Å². The van der Waals surface area contributed by atoms with Crippen molar-refractivity contribution in [3.63, 3.8) is 0 Å². The number of thioether (sulfide) groups is 1. The van der Waals surface area contributed by atoms with E-state index >= 15 is 0 Å². The third-order valence-corrected chi connectivity index (χ3v) is 9.04. The van der Waals surface area contributed by atoms with Gasteiger partial charge in [0.1, 0.15) is 0 Å². The number of amides is 2. The maximum Gasteiger partial charge on any atom is 0.290 e. The summed E-state index contributed by atoms with van der Waals surface area (Å²) in [6.07, 6.45) is 10.8. The highest BCUT2D eigenvalue weighted by molar-refractivity contribution is 8.18. The number of aromatic nitrogens is 5. The smallest absolute Gasteiger partial charge is 0.290 e. The average Bonchev–Trinajstić information content (AvgIpc) is 3.66. The Balaban J connectivity index is 0.000000175. The van der Waals surface area contributed by atoms with Gasteiger partial charge in [0.05, 0.1) is 37.9 Å². The van der Waals surface area contributed by atoms with Crippen molar-refractivity contribution in [1.29, 1.82) is 0 Å². The summed E-state index contributed by atoms with van der Waals surface area (Å²) in [7, 11) is 0. The van der Waals surface area contributed by atoms with Crippen molar-refractivity contribution < 1.29 is 9.59 Å². The third-order valence-electron chi connectivity index (χ3n) is 7.27. The van der Waals surface area contributed by atoms with Crippen LogP contribution in [-0.2, 0) is 11.3 Å². The summed E-state index contributed by atoms with van der Waals surface area (Å²) < 4.78 is 7.44. The number of carbonyl (C=O) groups excluding carboxylic acids is 2. The van der Waals surface area contributed by atoms with Crippen LogP contribution in [0, 0.1) is 27.7 Å². The Bertz CT molecular complexity index is 2070. The zero-order chi connectivity index (χ0) is 31.5. The summed E-state index contributed by atoms with van der Waals surface area (Å²) in [4.78, 5) is 44.0. The third kappa shape index (κ3) is 6.15. The van der Waals surface area contributed by atoms with Gasteiger partial charge in [-0.3, -0.25) is 34.2 Å². The molecule has 0 bridgehead atoms. The lowest BCUT2D eigenvalue weighted by molar-refractivity contribution is -0.115. The Labute approximate surface area is 262 Å². The molecular weight excluding hydrogens is 593 g/mol. The van der Waals surface area contributed by atoms with Crippen molar-refractivity contribution in [2.24, 2.45) is 0 Å². The minimum Gasteiger partial charge on any atom is -0.316 e. The van der Waals surface area contributed by atoms with E-state index < -0.39 is 0 Å². The first-order valence-corrected chi connectivity index (χ1v) is 15.6. The van der Waals surface area contributed by atoms with Crippen LogP contribution in [0.4, 0.5) is 4.79 Å². The van der Waals surface area contributed by atoms with E-state index in [-0.39, 0.29) is 16.7 Å². The minimum atomic E-state index is -0.337. The SMILES string of the molecule is C=c1s/c(=C/c2cc(C)n(-c3cccnc3)c2C)c(=O)n1CC.Cc1cc(/C=C2/SC(=O)NC2=O)c(C)n1-c1cccnc1. The van der Waals surface area contributed by atoms with E-state index in [0.717, 1.165) is 66.2 Å². The molecule has 0 aliphatic carbocycles. The van der Waals surface area contributed by atoms with Crippen molar-refractivity contribution in [3.8, 4) is 11.4 Å². The first-order valence-electron chi connectivity index (χ1n) is 13.9. The van der Waals surface area contributed by atoms with Gasteiger partial charge in [-0.25, -0.2) is 0 Å². The van der Waals surface area contributed by atoms with Gasteiger partial charge in [0.25, 0.3) is 16.7 Å². The maximum absolute atomic E-state index is 12.4. The Hall–Kier alpha value is -4.74. The van der Waals surface area contributed by atoms with E-state index in [1.165, 1.54) is 11.3 Å². The summed E-state index contributed by atoms with van der Waals surface area (Å²) in [5, 5.41) is 1.93. The van der Waals surface area contributed by atoms with E-state index in [9.17, 15) is 14.4 Å². The molecule has 0 unspecified atom stereocenters. The van der Waals surface area contributed by atoms with Crippen LogP contribution in [0.15, 0.2) is 70.9 Å². The molecule has 5 aromatic heterocycles. The van der Waals surface area contributed by atoms with Crippen LogP contribution >= 0.6 is 23.1 Å². The van der Waals surface area contributed by atoms with Crippen LogP contribution < -0.4 is 20.1 Å². The Morgan fingerprint density at radius 3 is 1.84 bits per heavy atom. The fourth-order valence-electron chi connectivity index (χ4n) is 5.22. The molecule has 6 heterocycles. The summed E-state index contributed by atoms with van der Waals surface area (Å²) in [5.41, 5.74) is 8.25. The van der Waals surface area contributed by atoms with E-state index in [2.05, 4.69) is 50.9 Å². The second-order valence-corrected chi connectivity index (χ2v) is 12.3. The molecule has 6 rings (SSSR count). The molecule has 0 atom stereocenters. The summed E-state index contributed by atoms with van der Waals surface area (Å²) in [5.74, 6) is -0.337. The van der Waals surface area contributed by atoms with Crippen LogP contribution in [0.3, 0.4) is 0 Å². The van der Waals surface area contributed by atoms with Crippen molar-refractivity contribution in [2.75, 3.05) is 0 Å². The molecule has 1 fully saturated rings. The molecule has 0 aromatic carbocycles. The second-order valence-electron chi connectivity index (χ2n) is 10.2. The van der Waals surface area contributed by atoms with Crippen LogP contribution in [0.1, 0.15) is 40.8 Å². The highest BCUT2D eigenvalue weighted by atomic mass is 32.2. The van der Waals surface area contributed by atoms with Crippen molar-refractivity contribution in [1.82, 2.24) is 29.0 Å². The van der Waals surface area contributed by atoms with E-state index in [1.807, 2.05) is 63.4 Å². The lowest BCUT2D eigenvalue weighted by Gasteiger charge is -2.08. The predicted molar refractivity (Wildman–Crippen MR) is 178 cm³/mol. The van der Waals surface area contributed by atoms with E-state index in [1.54, 1.807) is 29.2 Å². The zero-order valence-electron chi connectivity index (χ0n) is 25.1. The van der Waals surface area contributed by atoms with Crippen LogP contribution in [-0.4, -0.2) is 34.8 Å². The molecular formula is C33H32N6O3S2. The number of hydrogen-bond acceptors (Lipinski definition) is 7. The number of hydrogen-bond donors (Lipinski definition) is 1. The Kier molecular flexibility index (Phi) is 8.98. The van der Waals surface area contributed by atoms with Crippen LogP contribution in [0.2, 0.25) is 0 Å². The molecule has 0 saturated carbocycles. The highest BCUT2D eigenvalue weighted by Crippen LogP contribution is 2.29. The van der Waals surface area contributed by atoms with Gasteiger partial charge in [0.2, 0.25) is 0 Å². The molecule has 1 aliphatic heterocycles. The molecule has 44 heavy (non-hydrogen) atoms. The molecule has 11 heteroatoms. The Morgan fingerprint density at radius 1 is 0.864 bits per heavy atom. The fraction of sp³-hybridized carbons (Fsp3) is 0.182. The number of rotatable bonds is 5. The van der Waals surface area contributed by atoms with Crippen molar-refractivity contribution in [2.45, 2.75) is 41.2 Å². The number of imide groups is 1. The molecule has 0 spiro atoms. The van der Waals surface area contributed by atoms with E-state index in [0.29, 0.717) is 11.4 Å². The monoisotopic (exact) mass is 624 g/mol. The Morgan fingerprint density at radius 2 is 1.41 bits per heavy atom. The number of thiazole rings is 1. The number of nitrogens with zero attached hydrogens (tertiary/aromatic N) is 5. The minimum absolute atomic E-state index is 0.0358. The maximum atomic E-state index is 12.4. The summed E-state index contributed by atoms with van der Waals surface area (Å²) in [6, 6.07) is 11.9. The first-order chi connectivity index (χ1) is 21.1. The van der Waals surface area contributed by atoms with Gasteiger partial charge < -0.3 is 9.13 Å². The molecule has 2 amide bonds. The zero-order valence-corrected chi connectivity index (χ0v) is 26.8. The average molecular weight is 625 g/mol. The quantitative estimate of drug-likeness (QED) is 0.282. The summed E-state index contributed by atoms with van der Waals surface area (Å²) >= 11 is 2.37. The van der Waals surface area contributed by atoms with Gasteiger partial charge in [0, 0.05) is 41.7 Å². The largest absolute Gasteiger partial charge is 0.316 e. The molecule has 1 saturated heterocycles. The lowest BCUT2D eigenvalue weighted by atomic mass is 10.2. The van der Waals surface area contributed by atoms with Crippen molar-refractivity contribution >= 4 is 53.0 Å². The van der Waals surface area contributed by atoms with Gasteiger partial charge in [-0.15, -0.1) is 11.3 Å². The van der Waals surface area contributed by atoms with Gasteiger partial charge in [-0.05, 0) is 106 Å². The topological polar surface area (TPSA) is 104 Å².